The van der Waals surface area contributed by atoms with Crippen molar-refractivity contribution in [2.75, 3.05) is 7.11 Å². The van der Waals surface area contributed by atoms with E-state index in [-0.39, 0.29) is 17.9 Å². The molecule has 1 unspecified atom stereocenters. The molecule has 1 rings (SSSR count). The van der Waals surface area contributed by atoms with Crippen LogP contribution in [0.2, 0.25) is 0 Å². The molecule has 1 atom stereocenters. The molecule has 0 radical (unpaired) electrons. The first kappa shape index (κ1) is 15.0. The average molecular weight is 260 g/mol. The average Bonchev–Trinajstić information content (AvgIpc) is 2.39. The number of amides is 1. The third-order valence-electron chi connectivity index (χ3n) is 2.76. The molecule has 0 fully saturated rings. The Morgan fingerprint density at radius 1 is 1.47 bits per heavy atom. The summed E-state index contributed by atoms with van der Waals surface area (Å²) in [6.07, 6.45) is 0.871. The van der Waals surface area contributed by atoms with Gasteiger partial charge in [-0.15, -0.1) is 0 Å². The number of nitrogens with one attached hydrogen (secondary N) is 1. The molecule has 0 aliphatic rings. The lowest BCUT2D eigenvalue weighted by molar-refractivity contribution is -0.121. The number of carbonyl (C=O) groups excluding carboxylic acids is 1. The predicted molar refractivity (Wildman–Crippen MR) is 73.9 cm³/mol. The Bertz CT molecular complexity index is 463. The summed E-state index contributed by atoms with van der Waals surface area (Å²) in [5.41, 5.74) is 0.888. The number of nitriles is 1. The highest BCUT2D eigenvalue weighted by Gasteiger charge is 2.14. The van der Waals surface area contributed by atoms with E-state index >= 15 is 0 Å². The van der Waals surface area contributed by atoms with Gasteiger partial charge in [-0.05, 0) is 38.0 Å². The highest BCUT2D eigenvalue weighted by atomic mass is 16.5. The summed E-state index contributed by atoms with van der Waals surface area (Å²) in [4.78, 5) is 11.6. The summed E-state index contributed by atoms with van der Waals surface area (Å²) in [6, 6.07) is 9.79. The lowest BCUT2D eigenvalue weighted by Crippen LogP contribution is -2.30. The molecule has 0 saturated carbocycles. The summed E-state index contributed by atoms with van der Waals surface area (Å²) in [5, 5.41) is 12.0. The van der Waals surface area contributed by atoms with Crippen LogP contribution >= 0.6 is 0 Å². The monoisotopic (exact) mass is 260 g/mol. The third-order valence-corrected chi connectivity index (χ3v) is 2.76. The lowest BCUT2D eigenvalue weighted by atomic mass is 9.95. The van der Waals surface area contributed by atoms with E-state index < -0.39 is 0 Å². The fourth-order valence-corrected chi connectivity index (χ4v) is 1.83. The van der Waals surface area contributed by atoms with Crippen molar-refractivity contribution < 1.29 is 9.53 Å². The maximum Gasteiger partial charge on any atom is 0.220 e. The van der Waals surface area contributed by atoms with Crippen molar-refractivity contribution >= 4 is 5.91 Å². The van der Waals surface area contributed by atoms with Gasteiger partial charge in [0, 0.05) is 12.5 Å². The first-order valence-corrected chi connectivity index (χ1v) is 6.39. The maximum absolute atomic E-state index is 11.6. The molecule has 102 valence electrons. The first-order chi connectivity index (χ1) is 9.06. The molecule has 0 heterocycles. The summed E-state index contributed by atoms with van der Waals surface area (Å²) >= 11 is 0. The van der Waals surface area contributed by atoms with Crippen molar-refractivity contribution in [3.05, 3.63) is 29.8 Å². The molecule has 0 aliphatic carbocycles. The zero-order valence-electron chi connectivity index (χ0n) is 11.6. The van der Waals surface area contributed by atoms with Gasteiger partial charge in [-0.1, -0.05) is 12.1 Å². The molecular weight excluding hydrogens is 240 g/mol. The molecule has 0 spiro atoms. The van der Waals surface area contributed by atoms with Crippen LogP contribution in [0.5, 0.6) is 5.75 Å². The van der Waals surface area contributed by atoms with E-state index in [9.17, 15) is 10.1 Å². The molecule has 0 saturated heterocycles. The first-order valence-electron chi connectivity index (χ1n) is 6.39. The van der Waals surface area contributed by atoms with Gasteiger partial charge < -0.3 is 10.1 Å². The lowest BCUT2D eigenvalue weighted by Gasteiger charge is -2.12. The molecule has 1 aromatic rings. The minimum absolute atomic E-state index is 0.0156. The van der Waals surface area contributed by atoms with Gasteiger partial charge in [-0.2, -0.15) is 5.26 Å². The topological polar surface area (TPSA) is 62.1 Å². The predicted octanol–water partition coefficient (Wildman–Crippen LogP) is 2.61. The number of nitrogens with zero attached hydrogens (tertiary/aromatic N) is 1. The van der Waals surface area contributed by atoms with Crippen LogP contribution in [-0.2, 0) is 4.79 Å². The van der Waals surface area contributed by atoms with Gasteiger partial charge in [0.05, 0.1) is 19.1 Å². The molecule has 1 N–H and O–H groups in total. The SMILES string of the molecule is COc1cccc(C(C#N)CCC(=O)NC(C)C)c1. The van der Waals surface area contributed by atoms with E-state index in [2.05, 4.69) is 11.4 Å². The van der Waals surface area contributed by atoms with Crippen molar-refractivity contribution in [3.63, 3.8) is 0 Å². The van der Waals surface area contributed by atoms with Crippen LogP contribution in [0.1, 0.15) is 38.2 Å². The van der Waals surface area contributed by atoms with Crippen LogP contribution in [0.4, 0.5) is 0 Å². The van der Waals surface area contributed by atoms with E-state index in [4.69, 9.17) is 4.74 Å². The number of carbonyl (C=O) groups is 1. The largest absolute Gasteiger partial charge is 0.497 e. The Morgan fingerprint density at radius 3 is 2.79 bits per heavy atom. The number of ether oxygens (including phenoxy) is 1. The molecule has 19 heavy (non-hydrogen) atoms. The molecule has 1 amide bonds. The molecule has 0 aromatic heterocycles. The Balaban J connectivity index is 2.63. The Labute approximate surface area is 114 Å². The second-order valence-electron chi connectivity index (χ2n) is 4.72. The number of methoxy groups -OCH3 is 1. The van der Waals surface area contributed by atoms with Gasteiger partial charge >= 0.3 is 0 Å². The van der Waals surface area contributed by atoms with Gasteiger partial charge in [0.1, 0.15) is 5.75 Å². The second-order valence-corrected chi connectivity index (χ2v) is 4.72. The van der Waals surface area contributed by atoms with Crippen molar-refractivity contribution in [2.45, 2.75) is 38.6 Å². The van der Waals surface area contributed by atoms with Crippen LogP contribution in [0.25, 0.3) is 0 Å². The summed E-state index contributed by atoms with van der Waals surface area (Å²) in [6.45, 7) is 3.84. The summed E-state index contributed by atoms with van der Waals surface area (Å²) in [5.74, 6) is 0.426. The van der Waals surface area contributed by atoms with Crippen molar-refractivity contribution in [2.24, 2.45) is 0 Å². The molecular formula is C15H20N2O2. The van der Waals surface area contributed by atoms with Crippen LogP contribution in [0.3, 0.4) is 0 Å². The van der Waals surface area contributed by atoms with E-state index in [0.29, 0.717) is 12.8 Å². The molecule has 0 bridgehead atoms. The quantitative estimate of drug-likeness (QED) is 0.855. The van der Waals surface area contributed by atoms with E-state index in [1.165, 1.54) is 0 Å². The van der Waals surface area contributed by atoms with Crippen LogP contribution in [-0.4, -0.2) is 19.1 Å². The minimum Gasteiger partial charge on any atom is -0.497 e. The maximum atomic E-state index is 11.6. The highest BCUT2D eigenvalue weighted by molar-refractivity contribution is 5.76. The standard InChI is InChI=1S/C15H20N2O2/c1-11(2)17-15(18)8-7-13(10-16)12-5-4-6-14(9-12)19-3/h4-6,9,11,13H,7-8H2,1-3H3,(H,17,18). The van der Waals surface area contributed by atoms with E-state index in [1.54, 1.807) is 7.11 Å². The molecule has 4 heteroatoms. The smallest absolute Gasteiger partial charge is 0.220 e. The fourth-order valence-electron chi connectivity index (χ4n) is 1.83. The van der Waals surface area contributed by atoms with Crippen molar-refractivity contribution in [1.29, 1.82) is 5.26 Å². The number of rotatable bonds is 6. The van der Waals surface area contributed by atoms with Crippen LogP contribution in [0.15, 0.2) is 24.3 Å². The van der Waals surface area contributed by atoms with Gasteiger partial charge in [-0.3, -0.25) is 4.79 Å². The van der Waals surface area contributed by atoms with Gasteiger partial charge in [0.15, 0.2) is 0 Å². The van der Waals surface area contributed by atoms with Gasteiger partial charge in [0.2, 0.25) is 5.91 Å². The zero-order chi connectivity index (χ0) is 14.3. The Hall–Kier alpha value is -2.02. The number of hydrogen-bond acceptors (Lipinski definition) is 3. The van der Waals surface area contributed by atoms with Crippen LogP contribution < -0.4 is 10.1 Å². The summed E-state index contributed by atoms with van der Waals surface area (Å²) < 4.78 is 5.14. The highest BCUT2D eigenvalue weighted by Crippen LogP contribution is 2.24. The van der Waals surface area contributed by atoms with Crippen LogP contribution in [0, 0.1) is 11.3 Å². The molecule has 1 aromatic carbocycles. The van der Waals surface area contributed by atoms with Gasteiger partial charge in [-0.25, -0.2) is 0 Å². The summed E-state index contributed by atoms with van der Waals surface area (Å²) in [7, 11) is 1.59. The van der Waals surface area contributed by atoms with E-state index in [0.717, 1.165) is 11.3 Å². The fraction of sp³-hybridized carbons (Fsp3) is 0.467. The van der Waals surface area contributed by atoms with E-state index in [1.807, 2.05) is 38.1 Å². The third kappa shape index (κ3) is 5.01. The van der Waals surface area contributed by atoms with Crippen molar-refractivity contribution in [3.8, 4) is 11.8 Å². The minimum atomic E-state index is -0.284. The normalized spacial score (nSPS) is 11.7. The zero-order valence-corrected chi connectivity index (χ0v) is 11.6. The van der Waals surface area contributed by atoms with Gasteiger partial charge in [0.25, 0.3) is 0 Å². The number of hydrogen-bond donors (Lipinski definition) is 1. The second kappa shape index (κ2) is 7.42. The molecule has 0 aliphatic heterocycles. The molecule has 4 nitrogen and oxygen atoms in total. The van der Waals surface area contributed by atoms with Crippen molar-refractivity contribution in [1.82, 2.24) is 5.32 Å². The Morgan fingerprint density at radius 2 is 2.21 bits per heavy atom. The number of benzene rings is 1. The Kier molecular flexibility index (Phi) is 5.87.